The average molecular weight is 265 g/mol. The van der Waals surface area contributed by atoms with Gasteiger partial charge in [-0.05, 0) is 6.42 Å². The molecule has 2 N–H and O–H groups in total. The first-order valence-corrected chi connectivity index (χ1v) is 7.09. The molecule has 100 valence electrons. The van der Waals surface area contributed by atoms with Gasteiger partial charge in [0.1, 0.15) is 0 Å². The molecule has 6 nitrogen and oxygen atoms in total. The van der Waals surface area contributed by atoms with Crippen molar-refractivity contribution in [3.05, 3.63) is 0 Å². The molecule has 0 saturated heterocycles. The molecule has 0 aromatic carbocycles. The van der Waals surface area contributed by atoms with Gasteiger partial charge in [-0.25, -0.2) is 13.1 Å². The van der Waals surface area contributed by atoms with Gasteiger partial charge in [0.15, 0.2) is 0 Å². The first-order valence-electron chi connectivity index (χ1n) is 5.43. The Kier molecular flexibility index (Phi) is 4.16. The molecule has 17 heavy (non-hydrogen) atoms. The van der Waals surface area contributed by atoms with Crippen LogP contribution in [0.3, 0.4) is 0 Å². The van der Waals surface area contributed by atoms with Crippen molar-refractivity contribution in [2.24, 2.45) is 5.41 Å². The van der Waals surface area contributed by atoms with Crippen molar-refractivity contribution in [2.45, 2.75) is 38.8 Å². The molecule has 0 aromatic heterocycles. The molecule has 1 rings (SSSR count). The van der Waals surface area contributed by atoms with Gasteiger partial charge < -0.3 is 9.84 Å². The minimum Gasteiger partial charge on any atom is -0.481 e. The minimum atomic E-state index is -3.53. The summed E-state index contributed by atoms with van der Waals surface area (Å²) in [6, 6.07) is -0.189. The predicted molar refractivity (Wildman–Crippen MR) is 62.2 cm³/mol. The molecular weight excluding hydrogens is 246 g/mol. The molecule has 2 unspecified atom stereocenters. The molecule has 0 aromatic rings. The Bertz CT molecular complexity index is 390. The Balaban J connectivity index is 2.53. The normalized spacial score (nSPS) is 27.5. The van der Waals surface area contributed by atoms with Gasteiger partial charge in [0.25, 0.3) is 0 Å². The largest absolute Gasteiger partial charge is 0.481 e. The van der Waals surface area contributed by atoms with E-state index >= 15 is 0 Å². The van der Waals surface area contributed by atoms with E-state index in [9.17, 15) is 13.2 Å². The Morgan fingerprint density at radius 2 is 2.12 bits per heavy atom. The Hall–Kier alpha value is -0.660. The van der Waals surface area contributed by atoms with Gasteiger partial charge in [0, 0.05) is 18.6 Å². The Morgan fingerprint density at radius 3 is 2.53 bits per heavy atom. The summed E-state index contributed by atoms with van der Waals surface area (Å²) < 4.78 is 31.0. The van der Waals surface area contributed by atoms with Crippen LogP contribution in [0.25, 0.3) is 0 Å². The number of methoxy groups -OCH3 is 1. The zero-order chi connectivity index (χ0) is 13.3. The predicted octanol–water partition coefficient (Wildman–Crippen LogP) is 0.194. The van der Waals surface area contributed by atoms with Crippen LogP contribution in [-0.4, -0.2) is 44.5 Å². The lowest BCUT2D eigenvalue weighted by Crippen LogP contribution is -2.61. The number of hydrogen-bond donors (Lipinski definition) is 2. The molecule has 7 heteroatoms. The highest BCUT2D eigenvalue weighted by Gasteiger charge is 2.49. The summed E-state index contributed by atoms with van der Waals surface area (Å²) in [6.07, 6.45) is 0.279. The van der Waals surface area contributed by atoms with Gasteiger partial charge in [0.2, 0.25) is 10.0 Å². The van der Waals surface area contributed by atoms with Gasteiger partial charge in [-0.15, -0.1) is 0 Å². The molecule has 1 fully saturated rings. The summed E-state index contributed by atoms with van der Waals surface area (Å²) in [5, 5.41) is 8.45. The maximum atomic E-state index is 11.6. The van der Waals surface area contributed by atoms with Crippen LogP contribution >= 0.6 is 0 Å². The van der Waals surface area contributed by atoms with E-state index in [-0.39, 0.29) is 29.7 Å². The van der Waals surface area contributed by atoms with Crippen LogP contribution < -0.4 is 4.72 Å². The lowest BCUT2D eigenvalue weighted by Gasteiger charge is -2.50. The number of carboxylic acids is 1. The molecule has 1 aliphatic rings. The second-order valence-electron chi connectivity index (χ2n) is 4.91. The number of rotatable bonds is 6. The molecule has 0 spiro atoms. The van der Waals surface area contributed by atoms with Crippen molar-refractivity contribution in [1.29, 1.82) is 0 Å². The van der Waals surface area contributed by atoms with E-state index in [2.05, 4.69) is 4.72 Å². The summed E-state index contributed by atoms with van der Waals surface area (Å²) in [6.45, 7) is 3.85. The number of nitrogens with one attached hydrogen (secondary N) is 1. The highest BCUT2D eigenvalue weighted by molar-refractivity contribution is 7.89. The van der Waals surface area contributed by atoms with Crippen molar-refractivity contribution in [2.75, 3.05) is 12.9 Å². The first-order chi connectivity index (χ1) is 7.69. The fraction of sp³-hybridized carbons (Fsp3) is 0.900. The topological polar surface area (TPSA) is 92.7 Å². The van der Waals surface area contributed by atoms with Gasteiger partial charge in [0.05, 0.1) is 18.3 Å². The minimum absolute atomic E-state index is 0.0367. The van der Waals surface area contributed by atoms with Crippen molar-refractivity contribution >= 4 is 16.0 Å². The molecule has 0 bridgehead atoms. The van der Waals surface area contributed by atoms with E-state index in [1.807, 2.05) is 13.8 Å². The number of hydrogen-bond acceptors (Lipinski definition) is 4. The van der Waals surface area contributed by atoms with E-state index < -0.39 is 16.0 Å². The molecule has 1 saturated carbocycles. The summed E-state index contributed by atoms with van der Waals surface area (Å²) in [5.74, 6) is -1.50. The zero-order valence-electron chi connectivity index (χ0n) is 10.3. The summed E-state index contributed by atoms with van der Waals surface area (Å²) in [7, 11) is -1.93. The van der Waals surface area contributed by atoms with E-state index in [4.69, 9.17) is 9.84 Å². The van der Waals surface area contributed by atoms with Crippen LogP contribution in [0, 0.1) is 5.41 Å². The van der Waals surface area contributed by atoms with Gasteiger partial charge in [-0.1, -0.05) is 13.8 Å². The van der Waals surface area contributed by atoms with Gasteiger partial charge in [-0.3, -0.25) is 4.79 Å². The third kappa shape index (κ3) is 3.40. The third-order valence-corrected chi connectivity index (χ3v) is 4.75. The van der Waals surface area contributed by atoms with Gasteiger partial charge in [-0.2, -0.15) is 0 Å². The maximum Gasteiger partial charge on any atom is 0.304 e. The lowest BCUT2D eigenvalue weighted by atomic mass is 9.65. The molecule has 0 amide bonds. The summed E-state index contributed by atoms with van der Waals surface area (Å²) >= 11 is 0. The van der Waals surface area contributed by atoms with E-state index in [1.165, 1.54) is 0 Å². The molecule has 1 aliphatic carbocycles. The number of carboxylic acid groups (broad SMARTS) is 1. The summed E-state index contributed by atoms with van der Waals surface area (Å²) in [4.78, 5) is 10.3. The van der Waals surface area contributed by atoms with E-state index in [0.29, 0.717) is 6.42 Å². The second-order valence-corrected chi connectivity index (χ2v) is 6.79. The molecule has 0 radical (unpaired) electrons. The zero-order valence-corrected chi connectivity index (χ0v) is 11.1. The SMILES string of the molecule is COC1CC(NS(=O)(=O)CCC(=O)O)C1(C)C. The van der Waals surface area contributed by atoms with Crippen LogP contribution in [0.5, 0.6) is 0 Å². The molecule has 2 atom stereocenters. The fourth-order valence-electron chi connectivity index (χ4n) is 1.98. The van der Waals surface area contributed by atoms with Gasteiger partial charge >= 0.3 is 5.97 Å². The monoisotopic (exact) mass is 265 g/mol. The molecule has 0 aliphatic heterocycles. The van der Waals surface area contributed by atoms with Crippen molar-refractivity contribution < 1.29 is 23.1 Å². The Labute approximate surface area is 101 Å². The third-order valence-electron chi connectivity index (χ3n) is 3.37. The number of sulfonamides is 1. The Morgan fingerprint density at radius 1 is 1.53 bits per heavy atom. The smallest absolute Gasteiger partial charge is 0.304 e. The highest BCUT2D eigenvalue weighted by atomic mass is 32.2. The summed E-state index contributed by atoms with van der Waals surface area (Å²) in [5.41, 5.74) is -0.259. The first kappa shape index (κ1) is 14.4. The van der Waals surface area contributed by atoms with Crippen molar-refractivity contribution in [3.63, 3.8) is 0 Å². The van der Waals surface area contributed by atoms with E-state index in [0.717, 1.165) is 0 Å². The second kappa shape index (κ2) is 4.91. The number of aliphatic carboxylic acids is 1. The quantitative estimate of drug-likeness (QED) is 0.715. The van der Waals surface area contributed by atoms with E-state index in [1.54, 1.807) is 7.11 Å². The van der Waals surface area contributed by atoms with Crippen LogP contribution in [0.4, 0.5) is 0 Å². The maximum absolute atomic E-state index is 11.6. The van der Waals surface area contributed by atoms with Crippen LogP contribution in [0.2, 0.25) is 0 Å². The number of carbonyl (C=O) groups is 1. The highest BCUT2D eigenvalue weighted by Crippen LogP contribution is 2.42. The fourth-order valence-corrected chi connectivity index (χ4v) is 3.38. The number of ether oxygens (including phenoxy) is 1. The van der Waals surface area contributed by atoms with Crippen molar-refractivity contribution in [1.82, 2.24) is 4.72 Å². The molecule has 0 heterocycles. The van der Waals surface area contributed by atoms with Crippen LogP contribution in [0.15, 0.2) is 0 Å². The standard InChI is InChI=1S/C10H19NO5S/c1-10(2)7(6-8(10)16-3)11-17(14,15)5-4-9(12)13/h7-8,11H,4-6H2,1-3H3,(H,12,13). The van der Waals surface area contributed by atoms with Crippen molar-refractivity contribution in [3.8, 4) is 0 Å². The lowest BCUT2D eigenvalue weighted by molar-refractivity contribution is -0.136. The van der Waals surface area contributed by atoms with Crippen LogP contribution in [-0.2, 0) is 19.6 Å². The van der Waals surface area contributed by atoms with Crippen LogP contribution in [0.1, 0.15) is 26.7 Å². The average Bonchev–Trinajstić information content (AvgIpc) is 2.21. The molecular formula is C10H19NO5S.